The predicted molar refractivity (Wildman–Crippen MR) is 85.2 cm³/mol. The summed E-state index contributed by atoms with van der Waals surface area (Å²) in [5.74, 6) is 0.781. The van der Waals surface area contributed by atoms with Crippen molar-refractivity contribution in [3.05, 3.63) is 59.2 Å². The highest BCUT2D eigenvalue weighted by Crippen LogP contribution is 2.24. The quantitative estimate of drug-likeness (QED) is 0.711. The van der Waals surface area contributed by atoms with Crippen molar-refractivity contribution in [2.45, 2.75) is 11.8 Å². The first-order chi connectivity index (χ1) is 9.72. The minimum atomic E-state index is 0.732. The highest BCUT2D eigenvalue weighted by atomic mass is 35.5. The lowest BCUT2D eigenvalue weighted by Crippen LogP contribution is -1.97. The molecule has 0 fully saturated rings. The van der Waals surface area contributed by atoms with Crippen molar-refractivity contribution in [3.8, 4) is 0 Å². The van der Waals surface area contributed by atoms with Crippen LogP contribution in [0.5, 0.6) is 0 Å². The third-order valence-corrected chi connectivity index (χ3v) is 3.88. The Morgan fingerprint density at radius 2 is 1.60 bits per heavy atom. The van der Waals surface area contributed by atoms with Crippen LogP contribution in [-0.4, -0.2) is 9.97 Å². The molecule has 0 aliphatic rings. The molecule has 1 N–H and O–H groups in total. The Bertz CT molecular complexity index is 744. The monoisotopic (exact) mass is 301 g/mol. The molecule has 100 valence electrons. The van der Waals surface area contributed by atoms with Crippen LogP contribution in [0.1, 0.15) is 5.69 Å². The lowest BCUT2D eigenvalue weighted by atomic mass is 10.3. The topological polar surface area (TPSA) is 37.8 Å². The van der Waals surface area contributed by atoms with Crippen LogP contribution in [0.2, 0.25) is 5.02 Å². The van der Waals surface area contributed by atoms with Crippen LogP contribution in [0.4, 0.5) is 5.82 Å². The summed E-state index contributed by atoms with van der Waals surface area (Å²) in [4.78, 5) is 10.2. The molecular formula is C15H12ClN3S. The lowest BCUT2D eigenvalue weighted by Gasteiger charge is -2.08. The summed E-state index contributed by atoms with van der Waals surface area (Å²) < 4.78 is 3.24. The standard InChI is InChI=1S/C15H12ClN3S/c1-10-15(18-14-5-3-2-4-13(14)17-10)19-20-12-8-6-11(16)7-9-12/h2-9H,1H3,(H,18,19). The second kappa shape index (κ2) is 5.69. The van der Waals surface area contributed by atoms with Gasteiger partial charge in [0, 0.05) is 9.92 Å². The Morgan fingerprint density at radius 1 is 0.950 bits per heavy atom. The van der Waals surface area contributed by atoms with Crippen molar-refractivity contribution in [2.24, 2.45) is 0 Å². The minimum absolute atomic E-state index is 0.732. The Labute approximate surface area is 126 Å². The molecule has 20 heavy (non-hydrogen) atoms. The molecule has 0 saturated carbocycles. The molecule has 0 atom stereocenters. The van der Waals surface area contributed by atoms with E-state index in [1.54, 1.807) is 0 Å². The van der Waals surface area contributed by atoms with Gasteiger partial charge in [0.2, 0.25) is 0 Å². The number of nitrogens with one attached hydrogen (secondary N) is 1. The van der Waals surface area contributed by atoms with E-state index in [0.29, 0.717) is 0 Å². The first kappa shape index (κ1) is 13.2. The summed E-state index contributed by atoms with van der Waals surface area (Å²) in [5.41, 5.74) is 2.68. The first-order valence-electron chi connectivity index (χ1n) is 6.14. The summed E-state index contributed by atoms with van der Waals surface area (Å²) in [6, 6.07) is 15.5. The largest absolute Gasteiger partial charge is 0.309 e. The zero-order chi connectivity index (χ0) is 13.9. The summed E-state index contributed by atoms with van der Waals surface area (Å²) in [6.45, 7) is 1.95. The molecule has 0 amide bonds. The fraction of sp³-hybridized carbons (Fsp3) is 0.0667. The molecule has 2 aromatic carbocycles. The Hall–Kier alpha value is -1.78. The van der Waals surface area contributed by atoms with E-state index < -0.39 is 0 Å². The van der Waals surface area contributed by atoms with Crippen molar-refractivity contribution in [3.63, 3.8) is 0 Å². The summed E-state index contributed by atoms with van der Waals surface area (Å²) in [6.07, 6.45) is 0. The van der Waals surface area contributed by atoms with Crippen LogP contribution < -0.4 is 4.72 Å². The number of nitrogens with zero attached hydrogens (tertiary/aromatic N) is 2. The van der Waals surface area contributed by atoms with Gasteiger partial charge in [-0.15, -0.1) is 0 Å². The van der Waals surface area contributed by atoms with Gasteiger partial charge in [-0.1, -0.05) is 23.7 Å². The predicted octanol–water partition coefficient (Wildman–Crippen LogP) is 4.71. The average Bonchev–Trinajstić information content (AvgIpc) is 2.47. The van der Waals surface area contributed by atoms with E-state index in [1.807, 2.05) is 55.5 Å². The van der Waals surface area contributed by atoms with Crippen molar-refractivity contribution in [1.82, 2.24) is 9.97 Å². The van der Waals surface area contributed by atoms with Gasteiger partial charge in [-0.25, -0.2) is 9.97 Å². The molecule has 0 aliphatic heterocycles. The molecule has 0 bridgehead atoms. The Balaban J connectivity index is 1.83. The first-order valence-corrected chi connectivity index (χ1v) is 7.33. The van der Waals surface area contributed by atoms with Crippen molar-refractivity contribution >= 4 is 40.4 Å². The van der Waals surface area contributed by atoms with Crippen LogP contribution in [0, 0.1) is 6.92 Å². The number of fused-ring (bicyclic) bond motifs is 1. The molecule has 5 heteroatoms. The van der Waals surface area contributed by atoms with Gasteiger partial charge in [-0.3, -0.25) is 0 Å². The molecule has 0 aliphatic carbocycles. The number of halogens is 1. The number of anilines is 1. The van der Waals surface area contributed by atoms with E-state index in [1.165, 1.54) is 11.9 Å². The van der Waals surface area contributed by atoms with Crippen LogP contribution in [0.25, 0.3) is 11.0 Å². The van der Waals surface area contributed by atoms with Crippen molar-refractivity contribution in [2.75, 3.05) is 4.72 Å². The number of benzene rings is 2. The average molecular weight is 302 g/mol. The molecule has 1 heterocycles. The van der Waals surface area contributed by atoms with Gasteiger partial charge in [-0.2, -0.15) is 0 Å². The van der Waals surface area contributed by atoms with E-state index >= 15 is 0 Å². The molecule has 0 spiro atoms. The van der Waals surface area contributed by atoms with Gasteiger partial charge in [0.05, 0.1) is 16.7 Å². The molecule has 0 saturated heterocycles. The fourth-order valence-electron chi connectivity index (χ4n) is 1.79. The highest BCUT2D eigenvalue weighted by molar-refractivity contribution is 8.00. The smallest absolute Gasteiger partial charge is 0.158 e. The number of hydrogen-bond acceptors (Lipinski definition) is 4. The van der Waals surface area contributed by atoms with E-state index in [9.17, 15) is 0 Å². The molecule has 0 unspecified atom stereocenters. The highest BCUT2D eigenvalue weighted by Gasteiger charge is 2.05. The van der Waals surface area contributed by atoms with Crippen LogP contribution in [0.15, 0.2) is 53.4 Å². The Morgan fingerprint density at radius 3 is 2.30 bits per heavy atom. The van der Waals surface area contributed by atoms with Crippen LogP contribution >= 0.6 is 23.5 Å². The fourth-order valence-corrected chi connectivity index (χ4v) is 2.60. The summed E-state index contributed by atoms with van der Waals surface area (Å²) in [5, 5.41) is 0.732. The van der Waals surface area contributed by atoms with Crippen molar-refractivity contribution in [1.29, 1.82) is 0 Å². The SMILES string of the molecule is Cc1nc2ccccc2nc1NSc1ccc(Cl)cc1. The van der Waals surface area contributed by atoms with Crippen molar-refractivity contribution < 1.29 is 0 Å². The molecule has 1 aromatic heterocycles. The van der Waals surface area contributed by atoms with Gasteiger partial charge in [-0.05, 0) is 55.3 Å². The van der Waals surface area contributed by atoms with Gasteiger partial charge in [0.25, 0.3) is 0 Å². The normalized spacial score (nSPS) is 10.7. The van der Waals surface area contributed by atoms with Gasteiger partial charge >= 0.3 is 0 Å². The molecular weight excluding hydrogens is 290 g/mol. The summed E-state index contributed by atoms with van der Waals surface area (Å²) >= 11 is 7.36. The maximum Gasteiger partial charge on any atom is 0.158 e. The van der Waals surface area contributed by atoms with Gasteiger partial charge in [0.15, 0.2) is 5.82 Å². The molecule has 3 aromatic rings. The number of hydrogen-bond donors (Lipinski definition) is 1. The third kappa shape index (κ3) is 2.86. The lowest BCUT2D eigenvalue weighted by molar-refractivity contribution is 1.19. The second-order valence-electron chi connectivity index (χ2n) is 4.30. The minimum Gasteiger partial charge on any atom is -0.309 e. The number of rotatable bonds is 3. The maximum absolute atomic E-state index is 5.87. The number of aryl methyl sites for hydroxylation is 1. The van der Waals surface area contributed by atoms with E-state index in [2.05, 4.69) is 14.7 Å². The number of para-hydroxylation sites is 2. The summed E-state index contributed by atoms with van der Waals surface area (Å²) in [7, 11) is 0. The van der Waals surface area contributed by atoms with E-state index in [0.717, 1.165) is 32.5 Å². The molecule has 3 nitrogen and oxygen atoms in total. The number of aromatic nitrogens is 2. The van der Waals surface area contributed by atoms with E-state index in [-0.39, 0.29) is 0 Å². The third-order valence-electron chi connectivity index (χ3n) is 2.82. The van der Waals surface area contributed by atoms with E-state index in [4.69, 9.17) is 11.6 Å². The zero-order valence-electron chi connectivity index (χ0n) is 10.8. The maximum atomic E-state index is 5.87. The van der Waals surface area contributed by atoms with Gasteiger partial charge < -0.3 is 4.72 Å². The zero-order valence-corrected chi connectivity index (χ0v) is 12.4. The molecule has 3 rings (SSSR count). The molecule has 0 radical (unpaired) electrons. The van der Waals surface area contributed by atoms with Crippen LogP contribution in [-0.2, 0) is 0 Å². The van der Waals surface area contributed by atoms with Crippen LogP contribution in [0.3, 0.4) is 0 Å². The second-order valence-corrected chi connectivity index (χ2v) is 5.62. The van der Waals surface area contributed by atoms with Gasteiger partial charge in [0.1, 0.15) is 0 Å². The Kier molecular flexibility index (Phi) is 3.76.